The molecule has 12 heteroatoms. The van der Waals surface area contributed by atoms with Crippen LogP contribution in [0.3, 0.4) is 0 Å². The molecule has 0 aromatic heterocycles. The second kappa shape index (κ2) is 14.0. The Bertz CT molecular complexity index is 1760. The molecule has 3 N–H and O–H groups in total. The molecule has 0 spiro atoms. The first-order chi connectivity index (χ1) is 22.6. The van der Waals surface area contributed by atoms with Gasteiger partial charge in [-0.05, 0) is 53.1 Å². The maximum Gasteiger partial charge on any atom is 0.266 e. The van der Waals surface area contributed by atoms with Crippen molar-refractivity contribution in [2.45, 2.75) is 31.0 Å². The number of hydrazine groups is 1. The topological polar surface area (TPSA) is 159 Å². The summed E-state index contributed by atoms with van der Waals surface area (Å²) in [6.07, 6.45) is -0.242. The molecule has 12 nitrogen and oxygen atoms in total. The fourth-order valence-electron chi connectivity index (χ4n) is 5.40. The number of azide groups is 1. The number of rotatable bonds is 13. The molecule has 0 fully saturated rings. The minimum absolute atomic E-state index is 0.0402. The number of nitrogens with one attached hydrogen (secondary N) is 2. The van der Waals surface area contributed by atoms with Crippen LogP contribution in [0.2, 0.25) is 0 Å². The molecule has 2 atom stereocenters. The number of nitrogens with zero attached hydrogens (tertiary/aromatic N) is 4. The van der Waals surface area contributed by atoms with Gasteiger partial charge in [-0.1, -0.05) is 65.8 Å². The minimum Gasteiger partial charge on any atom is -0.494 e. The van der Waals surface area contributed by atoms with Crippen molar-refractivity contribution in [3.8, 4) is 17.2 Å². The van der Waals surface area contributed by atoms with E-state index in [1.807, 2.05) is 48.5 Å². The average Bonchev–Trinajstić information content (AvgIpc) is 3.71. The number of amides is 1. The van der Waals surface area contributed by atoms with E-state index in [1.165, 1.54) is 0 Å². The van der Waals surface area contributed by atoms with Crippen LogP contribution in [0.1, 0.15) is 34.8 Å². The molecule has 2 heterocycles. The number of hydrogen-bond donors (Lipinski definition) is 3. The van der Waals surface area contributed by atoms with Crippen LogP contribution in [-0.2, 0) is 22.5 Å². The molecule has 2 aliphatic heterocycles. The number of benzene rings is 4. The lowest BCUT2D eigenvalue weighted by atomic mass is 9.81. The highest BCUT2D eigenvalue weighted by Gasteiger charge is 2.54. The molecule has 4 aromatic rings. The molecule has 0 radical (unpaired) electrons. The first-order valence-electron chi connectivity index (χ1n) is 14.8. The summed E-state index contributed by atoms with van der Waals surface area (Å²) in [6.45, 7) is 0.895. The summed E-state index contributed by atoms with van der Waals surface area (Å²) in [5.41, 5.74) is 17.0. The summed E-state index contributed by atoms with van der Waals surface area (Å²) in [6, 6.07) is 29.3. The fourth-order valence-corrected chi connectivity index (χ4v) is 5.40. The van der Waals surface area contributed by atoms with Crippen LogP contribution in [0.5, 0.6) is 17.2 Å². The molecule has 0 unspecified atom stereocenters. The number of aliphatic hydroxyl groups excluding tert-OH is 1. The van der Waals surface area contributed by atoms with Crippen molar-refractivity contribution in [1.82, 2.24) is 10.9 Å². The summed E-state index contributed by atoms with van der Waals surface area (Å²) >= 11 is 0. The summed E-state index contributed by atoms with van der Waals surface area (Å²) < 4.78 is 23.1. The zero-order valence-electron chi connectivity index (χ0n) is 24.8. The van der Waals surface area contributed by atoms with E-state index in [0.29, 0.717) is 53.6 Å². The van der Waals surface area contributed by atoms with Crippen LogP contribution in [0.4, 0.5) is 5.69 Å². The lowest BCUT2D eigenvalue weighted by Crippen LogP contribution is -2.53. The zero-order valence-corrected chi connectivity index (χ0v) is 24.8. The van der Waals surface area contributed by atoms with E-state index in [9.17, 15) is 10.3 Å². The van der Waals surface area contributed by atoms with Crippen molar-refractivity contribution >= 4 is 17.5 Å². The van der Waals surface area contributed by atoms with Gasteiger partial charge in [0.25, 0.3) is 5.91 Å². The molecule has 0 saturated heterocycles. The number of hydrogen-bond acceptors (Lipinski definition) is 9. The predicted molar refractivity (Wildman–Crippen MR) is 170 cm³/mol. The third kappa shape index (κ3) is 6.59. The smallest absolute Gasteiger partial charge is 0.266 e. The monoisotopic (exact) mass is 620 g/mol. The number of ether oxygens (including phenoxy) is 4. The van der Waals surface area contributed by atoms with Crippen molar-refractivity contribution in [3.63, 3.8) is 0 Å². The zero-order chi connectivity index (χ0) is 31.8. The van der Waals surface area contributed by atoms with Gasteiger partial charge in [-0.3, -0.25) is 10.2 Å². The Morgan fingerprint density at radius 3 is 2.59 bits per heavy atom. The highest BCUT2D eigenvalue weighted by atomic mass is 16.7. The molecule has 2 aliphatic rings. The highest BCUT2D eigenvalue weighted by Crippen LogP contribution is 2.45. The van der Waals surface area contributed by atoms with Crippen molar-refractivity contribution in [2.75, 3.05) is 20.0 Å². The van der Waals surface area contributed by atoms with Gasteiger partial charge in [0.2, 0.25) is 12.7 Å². The quantitative estimate of drug-likeness (QED) is 0.0590. The number of fused-ring (bicyclic) bond motifs is 1. The van der Waals surface area contributed by atoms with E-state index in [-0.39, 0.29) is 25.7 Å². The second-order valence-electron chi connectivity index (χ2n) is 10.7. The SMILES string of the molecule is [N-]=[N+]=Nc1ccccc1[C@@H]1OC(c2ccc(OCCCO)cc2)=N[C@]1(Cc1ccccc1)C(=O)NNCc1ccc2c(c1)OCO2. The van der Waals surface area contributed by atoms with Gasteiger partial charge >= 0.3 is 0 Å². The molecule has 0 bridgehead atoms. The Kier molecular flexibility index (Phi) is 9.30. The van der Waals surface area contributed by atoms with Crippen molar-refractivity contribution in [3.05, 3.63) is 130 Å². The van der Waals surface area contributed by atoms with E-state index in [1.54, 1.807) is 48.5 Å². The predicted octanol–water partition coefficient (Wildman–Crippen LogP) is 5.44. The van der Waals surface area contributed by atoms with Gasteiger partial charge in [0.1, 0.15) is 5.75 Å². The maximum atomic E-state index is 14.4. The normalized spacial score (nSPS) is 17.8. The summed E-state index contributed by atoms with van der Waals surface area (Å²) in [5, 5.41) is 13.0. The molecule has 4 aromatic carbocycles. The summed E-state index contributed by atoms with van der Waals surface area (Å²) in [4.78, 5) is 22.5. The third-order valence-electron chi connectivity index (χ3n) is 7.65. The van der Waals surface area contributed by atoms with E-state index in [4.69, 9.17) is 29.0 Å². The summed E-state index contributed by atoms with van der Waals surface area (Å²) in [5.74, 6) is 1.76. The Hall–Kier alpha value is -5.55. The van der Waals surface area contributed by atoms with Crippen LogP contribution < -0.4 is 25.1 Å². The van der Waals surface area contributed by atoms with Crippen molar-refractivity contribution in [2.24, 2.45) is 10.1 Å². The van der Waals surface area contributed by atoms with Crippen molar-refractivity contribution in [1.29, 1.82) is 0 Å². The van der Waals surface area contributed by atoms with Gasteiger partial charge in [-0.2, -0.15) is 0 Å². The third-order valence-corrected chi connectivity index (χ3v) is 7.65. The largest absolute Gasteiger partial charge is 0.494 e. The molecule has 1 amide bonds. The van der Waals surface area contributed by atoms with Crippen LogP contribution in [-0.4, -0.2) is 42.5 Å². The van der Waals surface area contributed by atoms with E-state index < -0.39 is 17.6 Å². The van der Waals surface area contributed by atoms with E-state index >= 15 is 0 Å². The molecule has 0 saturated carbocycles. The first kappa shape index (κ1) is 30.5. The van der Waals surface area contributed by atoms with Gasteiger partial charge in [0, 0.05) is 47.7 Å². The molecule has 234 valence electrons. The molecule has 0 aliphatic carbocycles. The Morgan fingerprint density at radius 1 is 1.00 bits per heavy atom. The first-order valence-corrected chi connectivity index (χ1v) is 14.8. The molecular weight excluding hydrogens is 588 g/mol. The second-order valence-corrected chi connectivity index (χ2v) is 10.7. The number of aliphatic imine (C=N–C) groups is 1. The summed E-state index contributed by atoms with van der Waals surface area (Å²) in [7, 11) is 0. The Balaban J connectivity index is 1.36. The van der Waals surface area contributed by atoms with Gasteiger partial charge < -0.3 is 24.1 Å². The van der Waals surface area contributed by atoms with Gasteiger partial charge in [-0.15, -0.1) is 0 Å². The van der Waals surface area contributed by atoms with E-state index in [2.05, 4.69) is 20.9 Å². The molecular formula is C34H32N6O6. The lowest BCUT2D eigenvalue weighted by molar-refractivity contribution is -0.130. The van der Waals surface area contributed by atoms with Crippen LogP contribution >= 0.6 is 0 Å². The Labute approximate surface area is 265 Å². The van der Waals surface area contributed by atoms with Gasteiger partial charge in [0.15, 0.2) is 23.1 Å². The van der Waals surface area contributed by atoms with Gasteiger partial charge in [-0.25, -0.2) is 10.4 Å². The van der Waals surface area contributed by atoms with Crippen molar-refractivity contribution < 1.29 is 28.8 Å². The van der Waals surface area contributed by atoms with Gasteiger partial charge in [0.05, 0.1) is 6.61 Å². The van der Waals surface area contributed by atoms with Crippen LogP contribution in [0.25, 0.3) is 10.4 Å². The van der Waals surface area contributed by atoms with E-state index in [0.717, 1.165) is 11.1 Å². The number of carbonyl (C=O) groups excluding carboxylic acids is 1. The highest BCUT2D eigenvalue weighted by molar-refractivity contribution is 6.01. The molecule has 46 heavy (non-hydrogen) atoms. The minimum atomic E-state index is -1.50. The van der Waals surface area contributed by atoms with Crippen LogP contribution in [0, 0.1) is 0 Å². The number of aliphatic hydroxyl groups is 1. The number of carbonyl (C=O) groups is 1. The molecule has 6 rings (SSSR count). The van der Waals surface area contributed by atoms with Crippen LogP contribution in [0.15, 0.2) is 107 Å². The fraction of sp³-hybridized carbons (Fsp3) is 0.235. The standard InChI is InChI=1S/C34H32N6O6/c35-40-38-28-10-5-4-9-27(28)31-34(20-23-7-2-1-3-8-23,33(42)39-36-21-24-11-16-29-30(19-24)45-22-44-29)37-32(46-31)25-12-14-26(15-13-25)43-18-6-17-41/h1-5,7-16,19,31,36,41H,6,17-18,20-22H2,(H,39,42)/t31-,34-/m0/s1. The Morgan fingerprint density at radius 2 is 1.78 bits per heavy atom. The average molecular weight is 621 g/mol. The lowest BCUT2D eigenvalue weighted by Gasteiger charge is -2.31. The maximum absolute atomic E-state index is 14.4.